The average molecular weight is 269 g/mol. The summed E-state index contributed by atoms with van der Waals surface area (Å²) < 4.78 is 0. The van der Waals surface area contributed by atoms with E-state index in [1.165, 1.54) is 12.0 Å². The first-order valence-electron chi connectivity index (χ1n) is 6.47. The first-order valence-corrected chi connectivity index (χ1v) is 6.84. The van der Waals surface area contributed by atoms with Gasteiger partial charge >= 0.3 is 0 Å². The van der Waals surface area contributed by atoms with Crippen LogP contribution in [0.15, 0.2) is 24.3 Å². The zero-order chi connectivity index (χ0) is 13.0. The summed E-state index contributed by atoms with van der Waals surface area (Å²) in [6.45, 7) is 4.20. The molecule has 100 valence electrons. The van der Waals surface area contributed by atoms with E-state index in [4.69, 9.17) is 16.7 Å². The van der Waals surface area contributed by atoms with Crippen LogP contribution < -0.4 is 0 Å². The Kier molecular flexibility index (Phi) is 5.01. The molecule has 1 aromatic carbocycles. The molecule has 1 heterocycles. The minimum atomic E-state index is 0.240. The van der Waals surface area contributed by atoms with Gasteiger partial charge in [0, 0.05) is 37.2 Å². The Morgan fingerprint density at radius 1 is 1.39 bits per heavy atom. The van der Waals surface area contributed by atoms with E-state index in [1.54, 1.807) is 0 Å². The molecule has 0 radical (unpaired) electrons. The van der Waals surface area contributed by atoms with E-state index in [2.05, 4.69) is 29.0 Å². The van der Waals surface area contributed by atoms with Gasteiger partial charge in [-0.3, -0.25) is 9.80 Å². The van der Waals surface area contributed by atoms with E-state index in [-0.39, 0.29) is 6.61 Å². The summed E-state index contributed by atoms with van der Waals surface area (Å²) >= 11 is 5.88. The van der Waals surface area contributed by atoms with Gasteiger partial charge in [-0.25, -0.2) is 0 Å². The predicted molar refractivity (Wildman–Crippen MR) is 74.8 cm³/mol. The molecule has 0 amide bonds. The van der Waals surface area contributed by atoms with Crippen LogP contribution in [0.3, 0.4) is 0 Å². The smallest absolute Gasteiger partial charge is 0.0558 e. The molecular weight excluding hydrogens is 248 g/mol. The molecule has 4 heteroatoms. The molecule has 1 N–H and O–H groups in total. The molecule has 1 aliphatic rings. The highest BCUT2D eigenvalue weighted by Crippen LogP contribution is 2.18. The molecule has 1 unspecified atom stereocenters. The summed E-state index contributed by atoms with van der Waals surface area (Å²) in [5.41, 5.74) is 1.31. The van der Waals surface area contributed by atoms with Crippen LogP contribution in [0.1, 0.15) is 12.0 Å². The van der Waals surface area contributed by atoms with Gasteiger partial charge < -0.3 is 5.11 Å². The van der Waals surface area contributed by atoms with Crippen LogP contribution in [0.2, 0.25) is 5.02 Å². The van der Waals surface area contributed by atoms with Crippen molar-refractivity contribution < 1.29 is 5.11 Å². The number of rotatable bonds is 5. The summed E-state index contributed by atoms with van der Waals surface area (Å²) in [6.07, 6.45) is 1.18. The van der Waals surface area contributed by atoms with Gasteiger partial charge in [-0.05, 0) is 31.2 Å². The fourth-order valence-corrected chi connectivity index (χ4v) is 2.63. The Bertz CT molecular complexity index is 369. The molecule has 2 rings (SSSR count). The highest BCUT2D eigenvalue weighted by molar-refractivity contribution is 6.30. The Hall–Kier alpha value is -0.610. The van der Waals surface area contributed by atoms with Crippen LogP contribution in [0.5, 0.6) is 0 Å². The largest absolute Gasteiger partial charge is 0.395 e. The van der Waals surface area contributed by atoms with Gasteiger partial charge in [-0.15, -0.1) is 0 Å². The molecule has 3 nitrogen and oxygen atoms in total. The molecule has 1 aromatic rings. The zero-order valence-electron chi connectivity index (χ0n) is 10.8. The van der Waals surface area contributed by atoms with Crippen molar-refractivity contribution in [3.63, 3.8) is 0 Å². The minimum Gasteiger partial charge on any atom is -0.395 e. The Labute approximate surface area is 114 Å². The fourth-order valence-electron chi connectivity index (χ4n) is 2.50. The van der Waals surface area contributed by atoms with Crippen molar-refractivity contribution in [1.29, 1.82) is 0 Å². The zero-order valence-corrected chi connectivity index (χ0v) is 11.6. The van der Waals surface area contributed by atoms with E-state index < -0.39 is 0 Å². The molecule has 1 aliphatic heterocycles. The third kappa shape index (κ3) is 3.69. The SMILES string of the molecule is CN(CCO)C1CCN(Cc2ccc(Cl)cc2)C1. The first-order chi connectivity index (χ1) is 8.69. The average Bonchev–Trinajstić information content (AvgIpc) is 2.81. The van der Waals surface area contributed by atoms with E-state index in [9.17, 15) is 0 Å². The molecule has 0 saturated carbocycles. The van der Waals surface area contributed by atoms with Crippen molar-refractivity contribution in [2.75, 3.05) is 33.3 Å². The van der Waals surface area contributed by atoms with Crippen LogP contribution in [-0.4, -0.2) is 54.2 Å². The van der Waals surface area contributed by atoms with Crippen molar-refractivity contribution >= 4 is 11.6 Å². The number of hydrogen-bond acceptors (Lipinski definition) is 3. The number of aliphatic hydroxyl groups is 1. The van der Waals surface area contributed by atoms with Crippen molar-refractivity contribution in [3.05, 3.63) is 34.9 Å². The first kappa shape index (κ1) is 13.8. The molecule has 1 atom stereocenters. The van der Waals surface area contributed by atoms with Crippen LogP contribution in [0.25, 0.3) is 0 Å². The highest BCUT2D eigenvalue weighted by Gasteiger charge is 2.25. The van der Waals surface area contributed by atoms with Gasteiger partial charge in [0.25, 0.3) is 0 Å². The number of hydrogen-bond donors (Lipinski definition) is 1. The summed E-state index contributed by atoms with van der Waals surface area (Å²) in [5, 5.41) is 9.75. The van der Waals surface area contributed by atoms with Crippen molar-refractivity contribution in [2.45, 2.75) is 19.0 Å². The topological polar surface area (TPSA) is 26.7 Å². The van der Waals surface area contributed by atoms with Crippen LogP contribution in [0, 0.1) is 0 Å². The number of nitrogens with zero attached hydrogens (tertiary/aromatic N) is 2. The van der Waals surface area contributed by atoms with E-state index in [0.717, 1.165) is 31.2 Å². The predicted octanol–water partition coefficient (Wildman–Crippen LogP) is 1.84. The third-order valence-electron chi connectivity index (χ3n) is 3.64. The lowest BCUT2D eigenvalue weighted by molar-refractivity contribution is 0.177. The second-order valence-corrected chi connectivity index (χ2v) is 5.44. The Morgan fingerprint density at radius 3 is 2.78 bits per heavy atom. The maximum absolute atomic E-state index is 8.96. The lowest BCUT2D eigenvalue weighted by Crippen LogP contribution is -2.36. The molecule has 0 aliphatic carbocycles. The second-order valence-electron chi connectivity index (χ2n) is 5.01. The van der Waals surface area contributed by atoms with Gasteiger partial charge in [0.2, 0.25) is 0 Å². The highest BCUT2D eigenvalue weighted by atomic mass is 35.5. The van der Waals surface area contributed by atoms with Gasteiger partial charge in [0.1, 0.15) is 0 Å². The van der Waals surface area contributed by atoms with E-state index in [1.807, 2.05) is 12.1 Å². The molecule has 0 aromatic heterocycles. The summed E-state index contributed by atoms with van der Waals surface area (Å²) in [7, 11) is 2.09. The lowest BCUT2D eigenvalue weighted by Gasteiger charge is -2.23. The maximum atomic E-state index is 8.96. The lowest BCUT2D eigenvalue weighted by atomic mass is 10.2. The van der Waals surface area contributed by atoms with E-state index in [0.29, 0.717) is 6.04 Å². The molecule has 0 spiro atoms. The van der Waals surface area contributed by atoms with E-state index >= 15 is 0 Å². The van der Waals surface area contributed by atoms with Gasteiger partial charge in [-0.1, -0.05) is 23.7 Å². The van der Waals surface area contributed by atoms with Crippen LogP contribution in [-0.2, 0) is 6.54 Å². The third-order valence-corrected chi connectivity index (χ3v) is 3.89. The second kappa shape index (κ2) is 6.53. The minimum absolute atomic E-state index is 0.240. The molecule has 1 saturated heterocycles. The summed E-state index contributed by atoms with van der Waals surface area (Å²) in [6, 6.07) is 8.65. The summed E-state index contributed by atoms with van der Waals surface area (Å²) in [5.74, 6) is 0. The fraction of sp³-hybridized carbons (Fsp3) is 0.571. The van der Waals surface area contributed by atoms with Crippen molar-refractivity contribution in [1.82, 2.24) is 9.80 Å². The van der Waals surface area contributed by atoms with Gasteiger partial charge in [-0.2, -0.15) is 0 Å². The number of benzene rings is 1. The Balaban J connectivity index is 1.84. The number of aliphatic hydroxyl groups excluding tert-OH is 1. The molecule has 0 bridgehead atoms. The normalized spacial score (nSPS) is 20.8. The Morgan fingerprint density at radius 2 is 2.11 bits per heavy atom. The van der Waals surface area contributed by atoms with Gasteiger partial charge in [0.15, 0.2) is 0 Å². The van der Waals surface area contributed by atoms with Gasteiger partial charge in [0.05, 0.1) is 6.61 Å². The number of halogens is 1. The van der Waals surface area contributed by atoms with Crippen LogP contribution >= 0.6 is 11.6 Å². The monoisotopic (exact) mass is 268 g/mol. The number of likely N-dealkylation sites (tertiary alicyclic amines) is 1. The quantitative estimate of drug-likeness (QED) is 0.883. The molecule has 1 fully saturated rings. The van der Waals surface area contributed by atoms with Crippen molar-refractivity contribution in [2.24, 2.45) is 0 Å². The molecule has 18 heavy (non-hydrogen) atoms. The standard InChI is InChI=1S/C14H21ClN2O/c1-16(8-9-18)14-6-7-17(11-14)10-12-2-4-13(15)5-3-12/h2-5,14,18H,6-11H2,1H3. The molecular formula is C14H21ClN2O. The van der Waals surface area contributed by atoms with Crippen molar-refractivity contribution in [3.8, 4) is 0 Å². The maximum Gasteiger partial charge on any atom is 0.0558 e. The summed E-state index contributed by atoms with van der Waals surface area (Å²) in [4.78, 5) is 4.71. The number of likely N-dealkylation sites (N-methyl/N-ethyl adjacent to an activating group) is 1. The van der Waals surface area contributed by atoms with Crippen LogP contribution in [0.4, 0.5) is 0 Å².